The van der Waals surface area contributed by atoms with E-state index < -0.39 is 6.36 Å². The number of thioether (sulfide) groups is 1. The summed E-state index contributed by atoms with van der Waals surface area (Å²) in [5.74, 6) is 0.0171. The smallest absolute Gasteiger partial charge is 0.457 e. The molecule has 1 aliphatic heterocycles. The molecule has 10 heteroatoms. The number of halogens is 4. The van der Waals surface area contributed by atoms with Crippen molar-refractivity contribution in [3.8, 4) is 17.1 Å². The summed E-state index contributed by atoms with van der Waals surface area (Å²) in [7, 11) is 0. The van der Waals surface area contributed by atoms with E-state index in [1.54, 1.807) is 42.5 Å². The van der Waals surface area contributed by atoms with Crippen molar-refractivity contribution < 1.29 is 27.1 Å². The Morgan fingerprint density at radius 2 is 1.84 bits per heavy atom. The van der Waals surface area contributed by atoms with Gasteiger partial charge >= 0.3 is 6.36 Å². The van der Waals surface area contributed by atoms with Gasteiger partial charge in [-0.15, -0.1) is 13.2 Å². The first-order valence-electron chi connectivity index (χ1n) is 8.69. The van der Waals surface area contributed by atoms with Gasteiger partial charge in [0, 0.05) is 16.7 Å². The lowest BCUT2D eigenvalue weighted by atomic mass is 10.1. The van der Waals surface area contributed by atoms with Gasteiger partial charge in [0.2, 0.25) is 0 Å². The molecule has 158 valence electrons. The molecule has 31 heavy (non-hydrogen) atoms. The van der Waals surface area contributed by atoms with Gasteiger partial charge in [0.1, 0.15) is 17.3 Å². The fraction of sp³-hybridized carbons (Fsp3) is 0.0476. The Hall–Kier alpha value is -2.75. The number of hydrogen-bond acceptors (Lipinski definition) is 5. The number of carbonyl (C=O) groups is 1. The molecule has 2 heterocycles. The first-order valence-corrected chi connectivity index (χ1v) is 10.3. The number of hydrogen-bond donors (Lipinski definition) is 0. The van der Waals surface area contributed by atoms with Crippen molar-refractivity contribution in [1.82, 2.24) is 0 Å². The molecule has 1 aliphatic rings. The Balaban J connectivity index is 1.56. The molecule has 0 N–H and O–H groups in total. The van der Waals surface area contributed by atoms with E-state index in [4.69, 9.17) is 28.2 Å². The molecule has 4 rings (SSSR count). The second-order valence-corrected chi connectivity index (χ2v) is 8.38. The molecule has 1 fully saturated rings. The van der Waals surface area contributed by atoms with Crippen LogP contribution >= 0.6 is 35.6 Å². The Morgan fingerprint density at radius 1 is 1.10 bits per heavy atom. The van der Waals surface area contributed by atoms with Gasteiger partial charge in [0.05, 0.1) is 10.6 Å². The topological polar surface area (TPSA) is 42.7 Å². The SMILES string of the molecule is O=C1/C(=C\c2ccc(-c3cccc(OC(F)(F)F)c3)o2)SC(=S)N1c1ccc(Cl)cc1. The molecule has 0 unspecified atom stereocenters. The molecule has 2 aromatic carbocycles. The summed E-state index contributed by atoms with van der Waals surface area (Å²) in [6.45, 7) is 0. The first kappa shape index (κ1) is 21.5. The number of furan rings is 1. The number of nitrogens with zero attached hydrogens (tertiary/aromatic N) is 1. The van der Waals surface area contributed by atoms with Crippen LogP contribution in [0.15, 0.2) is 70.0 Å². The molecular weight excluding hydrogens is 471 g/mol. The van der Waals surface area contributed by atoms with E-state index in [1.165, 1.54) is 29.2 Å². The molecule has 0 atom stereocenters. The van der Waals surface area contributed by atoms with E-state index in [-0.39, 0.29) is 11.7 Å². The van der Waals surface area contributed by atoms with E-state index in [2.05, 4.69) is 4.74 Å². The lowest BCUT2D eigenvalue weighted by Crippen LogP contribution is -2.27. The molecule has 0 spiro atoms. The zero-order valence-electron chi connectivity index (χ0n) is 15.4. The van der Waals surface area contributed by atoms with Crippen LogP contribution in [-0.2, 0) is 4.79 Å². The number of ether oxygens (including phenoxy) is 1. The number of amides is 1. The largest absolute Gasteiger partial charge is 0.573 e. The van der Waals surface area contributed by atoms with Gasteiger partial charge in [-0.3, -0.25) is 9.69 Å². The number of anilines is 1. The van der Waals surface area contributed by atoms with Crippen LogP contribution in [0.2, 0.25) is 5.02 Å². The van der Waals surface area contributed by atoms with Crippen LogP contribution in [-0.4, -0.2) is 16.6 Å². The van der Waals surface area contributed by atoms with Crippen molar-refractivity contribution in [1.29, 1.82) is 0 Å². The number of alkyl halides is 3. The van der Waals surface area contributed by atoms with Crippen molar-refractivity contribution >= 4 is 57.6 Å². The monoisotopic (exact) mass is 481 g/mol. The summed E-state index contributed by atoms with van der Waals surface area (Å²) >= 11 is 12.3. The molecule has 3 aromatic rings. The van der Waals surface area contributed by atoms with E-state index in [0.717, 1.165) is 11.8 Å². The normalized spacial score (nSPS) is 15.7. The predicted molar refractivity (Wildman–Crippen MR) is 118 cm³/mol. The Bertz CT molecular complexity index is 1190. The van der Waals surface area contributed by atoms with Crippen LogP contribution < -0.4 is 9.64 Å². The minimum absolute atomic E-state index is 0.309. The van der Waals surface area contributed by atoms with Gasteiger partial charge < -0.3 is 9.15 Å². The zero-order chi connectivity index (χ0) is 22.2. The van der Waals surface area contributed by atoms with E-state index in [9.17, 15) is 18.0 Å². The molecule has 1 amide bonds. The molecule has 0 bridgehead atoms. The highest BCUT2D eigenvalue weighted by atomic mass is 35.5. The number of rotatable bonds is 4. The molecule has 0 aliphatic carbocycles. The number of benzene rings is 2. The number of carbonyl (C=O) groups excluding carboxylic acids is 1. The van der Waals surface area contributed by atoms with E-state index >= 15 is 0 Å². The highest BCUT2D eigenvalue weighted by Gasteiger charge is 2.33. The second-order valence-electron chi connectivity index (χ2n) is 6.27. The molecule has 0 radical (unpaired) electrons. The summed E-state index contributed by atoms with van der Waals surface area (Å²) < 4.78 is 47.3. The maximum Gasteiger partial charge on any atom is 0.573 e. The number of thiocarbonyl (C=S) groups is 1. The van der Waals surface area contributed by atoms with Gasteiger partial charge in [0.15, 0.2) is 4.32 Å². The highest BCUT2D eigenvalue weighted by molar-refractivity contribution is 8.27. The van der Waals surface area contributed by atoms with Gasteiger partial charge in [-0.2, -0.15) is 0 Å². The fourth-order valence-electron chi connectivity index (χ4n) is 2.84. The van der Waals surface area contributed by atoms with Gasteiger partial charge in [-0.1, -0.05) is 47.7 Å². The highest BCUT2D eigenvalue weighted by Crippen LogP contribution is 2.37. The minimum Gasteiger partial charge on any atom is -0.457 e. The Morgan fingerprint density at radius 3 is 2.55 bits per heavy atom. The van der Waals surface area contributed by atoms with Crippen LogP contribution in [0, 0.1) is 0 Å². The quantitative estimate of drug-likeness (QED) is 0.299. The van der Waals surface area contributed by atoms with Crippen molar-refractivity contribution in [2.75, 3.05) is 4.90 Å². The minimum atomic E-state index is -4.79. The van der Waals surface area contributed by atoms with Gasteiger partial charge in [-0.05, 0) is 48.5 Å². The van der Waals surface area contributed by atoms with Crippen molar-refractivity contribution in [3.63, 3.8) is 0 Å². The summed E-state index contributed by atoms with van der Waals surface area (Å²) in [6.07, 6.45) is -3.25. The summed E-state index contributed by atoms with van der Waals surface area (Å²) in [4.78, 5) is 14.6. The first-order chi connectivity index (χ1) is 14.7. The Labute approximate surface area is 189 Å². The predicted octanol–water partition coefficient (Wildman–Crippen LogP) is 6.90. The zero-order valence-corrected chi connectivity index (χ0v) is 17.7. The standard InChI is InChI=1S/C21H11ClF3NO3S2/c22-13-4-6-14(7-5-13)26-19(27)18(31-20(26)30)11-15-8-9-17(28-15)12-2-1-3-16(10-12)29-21(23,24)25/h1-11H/b18-11+. The third-order valence-corrected chi connectivity index (χ3v) is 5.68. The molecule has 1 aromatic heterocycles. The van der Waals surface area contributed by atoms with Crippen molar-refractivity contribution in [3.05, 3.63) is 76.4 Å². The van der Waals surface area contributed by atoms with Crippen LogP contribution in [0.4, 0.5) is 18.9 Å². The molecular formula is C21H11ClF3NO3S2. The Kier molecular flexibility index (Phi) is 5.83. The molecule has 0 saturated carbocycles. The van der Waals surface area contributed by atoms with Crippen molar-refractivity contribution in [2.24, 2.45) is 0 Å². The van der Waals surface area contributed by atoms with Crippen LogP contribution in [0.3, 0.4) is 0 Å². The third-order valence-electron chi connectivity index (χ3n) is 4.13. The van der Waals surface area contributed by atoms with Crippen LogP contribution in [0.25, 0.3) is 17.4 Å². The lowest BCUT2D eigenvalue weighted by molar-refractivity contribution is -0.274. The maximum absolute atomic E-state index is 12.8. The summed E-state index contributed by atoms with van der Waals surface area (Å²) in [6, 6.07) is 15.3. The summed E-state index contributed by atoms with van der Waals surface area (Å²) in [5, 5.41) is 0.539. The van der Waals surface area contributed by atoms with Crippen LogP contribution in [0.5, 0.6) is 5.75 Å². The average Bonchev–Trinajstić information content (AvgIpc) is 3.27. The van der Waals surface area contributed by atoms with Gasteiger partial charge in [0.25, 0.3) is 5.91 Å². The second kappa shape index (κ2) is 8.41. The third kappa shape index (κ3) is 4.95. The molecule has 1 saturated heterocycles. The molecule has 4 nitrogen and oxygen atoms in total. The lowest BCUT2D eigenvalue weighted by Gasteiger charge is -2.14. The van der Waals surface area contributed by atoms with E-state index in [0.29, 0.717) is 37.0 Å². The average molecular weight is 482 g/mol. The van der Waals surface area contributed by atoms with Crippen molar-refractivity contribution in [2.45, 2.75) is 6.36 Å². The maximum atomic E-state index is 12.8. The fourth-order valence-corrected chi connectivity index (χ4v) is 4.25. The van der Waals surface area contributed by atoms with Crippen LogP contribution in [0.1, 0.15) is 5.76 Å². The summed E-state index contributed by atoms with van der Waals surface area (Å²) in [5.41, 5.74) is 0.993. The van der Waals surface area contributed by atoms with E-state index in [1.807, 2.05) is 0 Å². The van der Waals surface area contributed by atoms with Gasteiger partial charge in [-0.25, -0.2) is 0 Å².